The molecule has 1 aromatic heterocycles. The van der Waals surface area contributed by atoms with Crippen LogP contribution in [0.1, 0.15) is 32.1 Å². The van der Waals surface area contributed by atoms with Crippen LogP contribution in [0.15, 0.2) is 29.1 Å². The summed E-state index contributed by atoms with van der Waals surface area (Å²) in [7, 11) is 0. The van der Waals surface area contributed by atoms with Gasteiger partial charge in [-0.05, 0) is 25.0 Å². The van der Waals surface area contributed by atoms with Gasteiger partial charge >= 0.3 is 6.09 Å². The number of ether oxygens (including phenoxy) is 1. The maximum Gasteiger partial charge on any atom is 0.414 e. The highest BCUT2D eigenvalue weighted by molar-refractivity contribution is 5.79. The SMILES string of the molecule is O=C(NC1CCCCC1)Oc1n[nH]c2ccccc2c1=O. The first-order valence-corrected chi connectivity index (χ1v) is 7.20. The molecule has 0 unspecified atom stereocenters. The molecule has 1 aliphatic carbocycles. The van der Waals surface area contributed by atoms with Gasteiger partial charge in [-0.25, -0.2) is 4.79 Å². The maximum absolute atomic E-state index is 12.2. The minimum absolute atomic E-state index is 0.130. The molecule has 2 N–H and O–H groups in total. The van der Waals surface area contributed by atoms with Crippen molar-refractivity contribution in [1.82, 2.24) is 15.5 Å². The minimum atomic E-state index is -0.616. The number of benzene rings is 1. The summed E-state index contributed by atoms with van der Waals surface area (Å²) in [5.41, 5.74) is 0.227. The van der Waals surface area contributed by atoms with Gasteiger partial charge in [0.05, 0.1) is 10.9 Å². The summed E-state index contributed by atoms with van der Waals surface area (Å²) in [6, 6.07) is 7.10. The lowest BCUT2D eigenvalue weighted by molar-refractivity contribution is 0.189. The zero-order valence-corrected chi connectivity index (χ0v) is 11.6. The molecule has 0 bridgehead atoms. The fourth-order valence-corrected chi connectivity index (χ4v) is 2.66. The van der Waals surface area contributed by atoms with Crippen LogP contribution in [-0.4, -0.2) is 22.3 Å². The van der Waals surface area contributed by atoms with Gasteiger partial charge in [0.1, 0.15) is 0 Å². The number of aromatic nitrogens is 2. The van der Waals surface area contributed by atoms with Crippen LogP contribution in [-0.2, 0) is 0 Å². The predicted molar refractivity (Wildman–Crippen MR) is 78.4 cm³/mol. The molecule has 0 spiro atoms. The van der Waals surface area contributed by atoms with Gasteiger partial charge < -0.3 is 10.1 Å². The van der Waals surface area contributed by atoms with Crippen molar-refractivity contribution in [2.24, 2.45) is 0 Å². The largest absolute Gasteiger partial charge is 0.414 e. The lowest BCUT2D eigenvalue weighted by Gasteiger charge is -2.21. The van der Waals surface area contributed by atoms with Crippen molar-refractivity contribution in [3.05, 3.63) is 34.5 Å². The Kier molecular flexibility index (Phi) is 3.85. The van der Waals surface area contributed by atoms with Gasteiger partial charge in [0.25, 0.3) is 11.3 Å². The molecule has 0 aliphatic heterocycles. The number of carbonyl (C=O) groups excluding carboxylic acids is 1. The molecule has 110 valence electrons. The Labute approximate surface area is 121 Å². The number of amides is 1. The monoisotopic (exact) mass is 287 g/mol. The van der Waals surface area contributed by atoms with E-state index in [0.717, 1.165) is 25.7 Å². The summed E-state index contributed by atoms with van der Waals surface area (Å²) >= 11 is 0. The molecule has 0 atom stereocenters. The van der Waals surface area contributed by atoms with Gasteiger partial charge in [0.15, 0.2) is 0 Å². The molecule has 3 rings (SSSR count). The van der Waals surface area contributed by atoms with E-state index in [2.05, 4.69) is 15.5 Å². The Bertz CT molecular complexity index is 705. The molecule has 1 amide bonds. The number of rotatable bonds is 2. The normalized spacial score (nSPS) is 15.8. The number of para-hydroxylation sites is 1. The van der Waals surface area contributed by atoms with Gasteiger partial charge in [-0.3, -0.25) is 9.89 Å². The number of nitrogens with zero attached hydrogens (tertiary/aromatic N) is 1. The summed E-state index contributed by atoms with van der Waals surface area (Å²) in [6.07, 6.45) is 4.72. The van der Waals surface area contributed by atoms with Gasteiger partial charge in [-0.15, -0.1) is 5.10 Å². The highest BCUT2D eigenvalue weighted by Crippen LogP contribution is 2.17. The molecule has 6 nitrogen and oxygen atoms in total. The number of hydrogen-bond donors (Lipinski definition) is 2. The summed E-state index contributed by atoms with van der Waals surface area (Å²) in [4.78, 5) is 24.0. The van der Waals surface area contributed by atoms with E-state index in [1.807, 2.05) is 0 Å². The Morgan fingerprint density at radius 1 is 1.24 bits per heavy atom. The second kappa shape index (κ2) is 5.95. The molecular weight excluding hydrogens is 270 g/mol. The zero-order valence-electron chi connectivity index (χ0n) is 11.6. The van der Waals surface area contributed by atoms with Crippen LogP contribution < -0.4 is 15.5 Å². The lowest BCUT2D eigenvalue weighted by Crippen LogP contribution is -2.38. The first-order chi connectivity index (χ1) is 10.2. The first kappa shape index (κ1) is 13.6. The van der Waals surface area contributed by atoms with Crippen LogP contribution in [0.3, 0.4) is 0 Å². The van der Waals surface area contributed by atoms with Crippen LogP contribution in [0, 0.1) is 0 Å². The number of hydrogen-bond acceptors (Lipinski definition) is 4. The summed E-state index contributed by atoms with van der Waals surface area (Å²) in [5, 5.41) is 9.77. The summed E-state index contributed by atoms with van der Waals surface area (Å²) in [6.45, 7) is 0. The van der Waals surface area contributed by atoms with Crippen LogP contribution >= 0.6 is 0 Å². The second-order valence-electron chi connectivity index (χ2n) is 5.27. The molecule has 2 aromatic rings. The molecule has 0 radical (unpaired) electrons. The van der Waals surface area contributed by atoms with Crippen LogP contribution in [0.4, 0.5) is 4.79 Å². The van der Waals surface area contributed by atoms with Crippen LogP contribution in [0.2, 0.25) is 0 Å². The topological polar surface area (TPSA) is 84.1 Å². The van der Waals surface area contributed by atoms with Crippen molar-refractivity contribution in [2.75, 3.05) is 0 Å². The van der Waals surface area contributed by atoms with E-state index in [9.17, 15) is 9.59 Å². The number of aromatic amines is 1. The standard InChI is InChI=1S/C15H17N3O3/c19-13-11-8-4-5-9-12(11)17-18-14(13)21-15(20)16-10-6-2-1-3-7-10/h4-5,8-10H,1-3,6-7H2,(H,16,20)(H,17,19). The van der Waals surface area contributed by atoms with E-state index in [1.54, 1.807) is 24.3 Å². The highest BCUT2D eigenvalue weighted by atomic mass is 16.6. The fraction of sp³-hybridized carbons (Fsp3) is 0.400. The smallest absolute Gasteiger partial charge is 0.385 e. The maximum atomic E-state index is 12.2. The van der Waals surface area contributed by atoms with Crippen molar-refractivity contribution >= 4 is 17.0 Å². The molecule has 0 saturated heterocycles. The predicted octanol–water partition coefficient (Wildman–Crippen LogP) is 2.34. The number of H-pyrrole nitrogens is 1. The fourth-order valence-electron chi connectivity index (χ4n) is 2.66. The van der Waals surface area contributed by atoms with E-state index in [-0.39, 0.29) is 17.4 Å². The average molecular weight is 287 g/mol. The third-order valence-corrected chi connectivity index (χ3v) is 3.76. The van der Waals surface area contributed by atoms with Gasteiger partial charge in [-0.1, -0.05) is 31.4 Å². The Morgan fingerprint density at radius 2 is 2.00 bits per heavy atom. The highest BCUT2D eigenvalue weighted by Gasteiger charge is 2.18. The number of carbonyl (C=O) groups is 1. The number of nitrogens with one attached hydrogen (secondary N) is 2. The van der Waals surface area contributed by atoms with Crippen LogP contribution in [0.5, 0.6) is 5.88 Å². The molecule has 1 saturated carbocycles. The summed E-state index contributed by atoms with van der Waals surface area (Å²) in [5.74, 6) is -0.220. The van der Waals surface area contributed by atoms with Crippen molar-refractivity contribution in [3.8, 4) is 5.88 Å². The molecule has 1 aliphatic rings. The Morgan fingerprint density at radius 3 is 2.81 bits per heavy atom. The Balaban J connectivity index is 1.73. The summed E-state index contributed by atoms with van der Waals surface area (Å²) < 4.78 is 5.05. The van der Waals surface area contributed by atoms with E-state index in [4.69, 9.17) is 4.74 Å². The quantitative estimate of drug-likeness (QED) is 0.888. The van der Waals surface area contributed by atoms with Gasteiger partial charge in [0, 0.05) is 6.04 Å². The molecular formula is C15H17N3O3. The molecule has 6 heteroatoms. The third-order valence-electron chi connectivity index (χ3n) is 3.76. The van der Waals surface area contributed by atoms with E-state index in [1.165, 1.54) is 6.42 Å². The molecule has 1 aromatic carbocycles. The van der Waals surface area contributed by atoms with Gasteiger partial charge in [0.2, 0.25) is 0 Å². The lowest BCUT2D eigenvalue weighted by atomic mass is 9.96. The second-order valence-corrected chi connectivity index (χ2v) is 5.27. The minimum Gasteiger partial charge on any atom is -0.385 e. The number of fused-ring (bicyclic) bond motifs is 1. The van der Waals surface area contributed by atoms with Crippen LogP contribution in [0.25, 0.3) is 10.9 Å². The third kappa shape index (κ3) is 3.04. The first-order valence-electron chi connectivity index (χ1n) is 7.20. The molecule has 21 heavy (non-hydrogen) atoms. The molecule has 1 fully saturated rings. The van der Waals surface area contributed by atoms with E-state index in [0.29, 0.717) is 10.9 Å². The van der Waals surface area contributed by atoms with Gasteiger partial charge in [-0.2, -0.15) is 0 Å². The zero-order chi connectivity index (χ0) is 14.7. The van der Waals surface area contributed by atoms with E-state index >= 15 is 0 Å². The molecule has 1 heterocycles. The average Bonchev–Trinajstić information content (AvgIpc) is 2.51. The Hall–Kier alpha value is -2.37. The van der Waals surface area contributed by atoms with Crippen molar-refractivity contribution < 1.29 is 9.53 Å². The van der Waals surface area contributed by atoms with Crippen molar-refractivity contribution in [1.29, 1.82) is 0 Å². The van der Waals surface area contributed by atoms with E-state index < -0.39 is 6.09 Å². The van der Waals surface area contributed by atoms with Crippen molar-refractivity contribution in [2.45, 2.75) is 38.1 Å². The van der Waals surface area contributed by atoms with Crippen molar-refractivity contribution in [3.63, 3.8) is 0 Å².